The predicted molar refractivity (Wildman–Crippen MR) is 94.1 cm³/mol. The molecule has 0 unspecified atom stereocenters. The lowest BCUT2D eigenvalue weighted by Gasteiger charge is -2.32. The van der Waals surface area contributed by atoms with Crippen LogP contribution in [0.15, 0.2) is 36.9 Å². The third kappa shape index (κ3) is 4.22. The van der Waals surface area contributed by atoms with Gasteiger partial charge in [-0.2, -0.15) is 13.2 Å². The Hall–Kier alpha value is -2.75. The molecule has 0 saturated carbocycles. The monoisotopic (exact) mass is 394 g/mol. The first-order chi connectivity index (χ1) is 13.4. The van der Waals surface area contributed by atoms with Crippen molar-refractivity contribution in [1.29, 1.82) is 0 Å². The fourth-order valence-electron chi connectivity index (χ4n) is 3.36. The molecule has 0 spiro atoms. The van der Waals surface area contributed by atoms with Gasteiger partial charge < -0.3 is 9.72 Å². The van der Waals surface area contributed by atoms with Crippen LogP contribution in [0, 0.1) is 5.82 Å². The smallest absolute Gasteiger partial charge is 0.367 e. The highest BCUT2D eigenvalue weighted by atomic mass is 19.4. The number of likely N-dealkylation sites (tertiary alicyclic amines) is 1. The number of rotatable bonds is 4. The van der Waals surface area contributed by atoms with E-state index in [0.29, 0.717) is 12.2 Å². The van der Waals surface area contributed by atoms with Crippen LogP contribution in [0.3, 0.4) is 0 Å². The second-order valence-corrected chi connectivity index (χ2v) is 6.83. The van der Waals surface area contributed by atoms with E-state index in [9.17, 15) is 17.6 Å². The van der Waals surface area contributed by atoms with Gasteiger partial charge in [0, 0.05) is 44.1 Å². The summed E-state index contributed by atoms with van der Waals surface area (Å²) < 4.78 is 53.2. The molecule has 0 atom stereocenters. The Labute approximate surface area is 158 Å². The fourth-order valence-corrected chi connectivity index (χ4v) is 3.36. The molecular formula is C18H18F4N6. The molecule has 1 aliphatic rings. The molecule has 4 rings (SSSR count). The van der Waals surface area contributed by atoms with Crippen LogP contribution >= 0.6 is 0 Å². The SMILES string of the molecule is Fc1ccc2nc(CN3CCC(Nc4cc(C(F)(F)F)ncn4)CC3)cn2c1. The number of nitrogens with zero attached hydrogens (tertiary/aromatic N) is 5. The van der Waals surface area contributed by atoms with Crippen molar-refractivity contribution in [3.63, 3.8) is 0 Å². The average molecular weight is 394 g/mol. The number of pyridine rings is 1. The molecule has 0 aliphatic carbocycles. The van der Waals surface area contributed by atoms with Crippen molar-refractivity contribution in [2.45, 2.75) is 31.6 Å². The lowest BCUT2D eigenvalue weighted by atomic mass is 10.0. The number of nitrogens with one attached hydrogen (secondary N) is 1. The van der Waals surface area contributed by atoms with E-state index in [1.54, 1.807) is 10.5 Å². The van der Waals surface area contributed by atoms with Crippen LogP contribution in [0.2, 0.25) is 0 Å². The highest BCUT2D eigenvalue weighted by molar-refractivity contribution is 5.40. The maximum absolute atomic E-state index is 13.3. The quantitative estimate of drug-likeness (QED) is 0.688. The Balaban J connectivity index is 1.33. The van der Waals surface area contributed by atoms with Crippen LogP contribution in [-0.4, -0.2) is 43.4 Å². The lowest BCUT2D eigenvalue weighted by Crippen LogP contribution is -2.38. The maximum Gasteiger partial charge on any atom is 0.433 e. The largest absolute Gasteiger partial charge is 0.433 e. The van der Waals surface area contributed by atoms with Gasteiger partial charge in [0.05, 0.1) is 5.69 Å². The summed E-state index contributed by atoms with van der Waals surface area (Å²) in [6.45, 7) is 2.19. The first kappa shape index (κ1) is 18.6. The van der Waals surface area contributed by atoms with E-state index >= 15 is 0 Å². The number of anilines is 1. The van der Waals surface area contributed by atoms with Gasteiger partial charge in [-0.25, -0.2) is 19.3 Å². The second-order valence-electron chi connectivity index (χ2n) is 6.83. The van der Waals surface area contributed by atoms with E-state index < -0.39 is 11.9 Å². The highest BCUT2D eigenvalue weighted by Gasteiger charge is 2.33. The Morgan fingerprint density at radius 2 is 1.89 bits per heavy atom. The van der Waals surface area contributed by atoms with Crippen molar-refractivity contribution >= 4 is 11.5 Å². The molecule has 1 N–H and O–H groups in total. The van der Waals surface area contributed by atoms with Gasteiger partial charge in [0.2, 0.25) is 0 Å². The van der Waals surface area contributed by atoms with E-state index in [0.717, 1.165) is 44.0 Å². The zero-order valence-electron chi connectivity index (χ0n) is 14.8. The molecule has 6 nitrogen and oxygen atoms in total. The van der Waals surface area contributed by atoms with Gasteiger partial charge in [0.1, 0.15) is 29.3 Å². The number of imidazole rings is 1. The molecule has 3 aromatic rings. The minimum Gasteiger partial charge on any atom is -0.367 e. The molecule has 3 aromatic heterocycles. The average Bonchev–Trinajstić information content (AvgIpc) is 3.04. The fraction of sp³-hybridized carbons (Fsp3) is 0.389. The Morgan fingerprint density at radius 3 is 2.64 bits per heavy atom. The summed E-state index contributed by atoms with van der Waals surface area (Å²) in [5.74, 6) is -0.134. The normalized spacial score (nSPS) is 16.6. The molecule has 28 heavy (non-hydrogen) atoms. The Bertz CT molecular complexity index is 962. The number of piperidine rings is 1. The van der Waals surface area contributed by atoms with E-state index in [1.807, 2.05) is 6.20 Å². The van der Waals surface area contributed by atoms with Crippen LogP contribution in [0.4, 0.5) is 23.4 Å². The molecule has 0 radical (unpaired) electrons. The molecule has 4 heterocycles. The summed E-state index contributed by atoms with van der Waals surface area (Å²) in [5.41, 5.74) is 0.588. The van der Waals surface area contributed by atoms with Gasteiger partial charge in [0.25, 0.3) is 0 Å². The van der Waals surface area contributed by atoms with E-state index in [4.69, 9.17) is 0 Å². The van der Waals surface area contributed by atoms with Crippen LogP contribution in [0.5, 0.6) is 0 Å². The van der Waals surface area contributed by atoms with Gasteiger partial charge in [-0.1, -0.05) is 0 Å². The minimum atomic E-state index is -4.49. The third-order valence-electron chi connectivity index (χ3n) is 4.75. The summed E-state index contributed by atoms with van der Waals surface area (Å²) in [5, 5.41) is 3.07. The van der Waals surface area contributed by atoms with Crippen molar-refractivity contribution < 1.29 is 17.6 Å². The van der Waals surface area contributed by atoms with E-state index in [2.05, 4.69) is 25.2 Å². The Morgan fingerprint density at radius 1 is 1.11 bits per heavy atom. The topological polar surface area (TPSA) is 58.4 Å². The molecule has 10 heteroatoms. The van der Waals surface area contributed by atoms with E-state index in [-0.39, 0.29) is 17.7 Å². The number of fused-ring (bicyclic) bond motifs is 1. The van der Waals surface area contributed by atoms with Crippen molar-refractivity contribution in [3.05, 3.63) is 54.1 Å². The van der Waals surface area contributed by atoms with Gasteiger partial charge in [-0.15, -0.1) is 0 Å². The van der Waals surface area contributed by atoms with Crippen molar-refractivity contribution in [3.8, 4) is 0 Å². The lowest BCUT2D eigenvalue weighted by molar-refractivity contribution is -0.141. The second kappa shape index (κ2) is 7.34. The summed E-state index contributed by atoms with van der Waals surface area (Å²) in [7, 11) is 0. The van der Waals surface area contributed by atoms with Crippen molar-refractivity contribution in [1.82, 2.24) is 24.3 Å². The number of halogens is 4. The van der Waals surface area contributed by atoms with Crippen LogP contribution < -0.4 is 5.32 Å². The van der Waals surface area contributed by atoms with E-state index in [1.165, 1.54) is 12.3 Å². The minimum absolute atomic E-state index is 0.0439. The molecule has 0 bridgehead atoms. The molecular weight excluding hydrogens is 376 g/mol. The molecule has 1 saturated heterocycles. The summed E-state index contributed by atoms with van der Waals surface area (Å²) in [4.78, 5) is 13.9. The molecule has 148 valence electrons. The van der Waals surface area contributed by atoms with Gasteiger partial charge in [-0.3, -0.25) is 4.90 Å². The zero-order valence-corrected chi connectivity index (χ0v) is 14.8. The first-order valence-corrected chi connectivity index (χ1v) is 8.88. The molecule has 1 fully saturated rings. The number of hydrogen-bond acceptors (Lipinski definition) is 5. The van der Waals surface area contributed by atoms with Crippen molar-refractivity contribution in [2.75, 3.05) is 18.4 Å². The number of aromatic nitrogens is 4. The van der Waals surface area contributed by atoms with Crippen molar-refractivity contribution in [2.24, 2.45) is 0 Å². The molecule has 1 aliphatic heterocycles. The van der Waals surface area contributed by atoms with Crippen LogP contribution in [0.1, 0.15) is 24.2 Å². The summed E-state index contributed by atoms with van der Waals surface area (Å²) in [6, 6.07) is 3.98. The van der Waals surface area contributed by atoms with Gasteiger partial charge in [0.15, 0.2) is 0 Å². The number of alkyl halides is 3. The summed E-state index contributed by atoms with van der Waals surface area (Å²) in [6.07, 6.45) is 1.17. The predicted octanol–water partition coefficient (Wildman–Crippen LogP) is 3.36. The highest BCUT2D eigenvalue weighted by Crippen LogP contribution is 2.28. The van der Waals surface area contributed by atoms with Gasteiger partial charge in [-0.05, 0) is 25.0 Å². The van der Waals surface area contributed by atoms with Crippen LogP contribution in [0.25, 0.3) is 5.65 Å². The number of hydrogen-bond donors (Lipinski definition) is 1. The third-order valence-corrected chi connectivity index (χ3v) is 4.75. The molecule has 0 amide bonds. The standard InChI is InChI=1S/C18H18F4N6/c19-12-1-2-17-26-14(10-28(17)8-12)9-27-5-3-13(4-6-27)25-16-7-15(18(20,21)22)23-11-24-16/h1-2,7-8,10-11,13H,3-6,9H2,(H,23,24,25). The van der Waals surface area contributed by atoms with Crippen LogP contribution in [-0.2, 0) is 12.7 Å². The zero-order chi connectivity index (χ0) is 19.7. The van der Waals surface area contributed by atoms with Gasteiger partial charge >= 0.3 is 6.18 Å². The Kier molecular flexibility index (Phi) is 4.88. The first-order valence-electron chi connectivity index (χ1n) is 8.88. The molecule has 0 aromatic carbocycles. The maximum atomic E-state index is 13.3. The summed E-state index contributed by atoms with van der Waals surface area (Å²) >= 11 is 0.